The number of hydrogen-bond acceptors (Lipinski definition) is 1. The van der Waals surface area contributed by atoms with Gasteiger partial charge in [0, 0.05) is 0 Å². The molecular formula is C12H18O. The third kappa shape index (κ3) is 2.85. The first-order valence-corrected chi connectivity index (χ1v) is 4.74. The van der Waals surface area contributed by atoms with Crippen molar-refractivity contribution < 1.29 is 5.11 Å². The van der Waals surface area contributed by atoms with Crippen molar-refractivity contribution in [2.24, 2.45) is 5.41 Å². The molecule has 0 unspecified atom stereocenters. The van der Waals surface area contributed by atoms with Gasteiger partial charge in [-0.3, -0.25) is 0 Å². The van der Waals surface area contributed by atoms with E-state index >= 15 is 0 Å². The Kier molecular flexibility index (Phi) is 3.10. The van der Waals surface area contributed by atoms with Crippen LogP contribution in [-0.4, -0.2) is 11.2 Å². The van der Waals surface area contributed by atoms with Gasteiger partial charge in [-0.2, -0.15) is 0 Å². The van der Waals surface area contributed by atoms with Crippen LogP contribution in [-0.2, 0) is 6.42 Å². The van der Waals surface area contributed by atoms with Crippen molar-refractivity contribution in [1.82, 2.24) is 0 Å². The van der Waals surface area contributed by atoms with Crippen LogP contribution >= 0.6 is 0 Å². The fourth-order valence-corrected chi connectivity index (χ4v) is 1.27. The van der Waals surface area contributed by atoms with Crippen LogP contribution < -0.4 is 0 Å². The lowest BCUT2D eigenvalue weighted by atomic mass is 9.81. The summed E-state index contributed by atoms with van der Waals surface area (Å²) in [6, 6.07) is 10.3. The molecule has 1 N–H and O–H groups in total. The third-order valence-corrected chi connectivity index (χ3v) is 2.63. The molecule has 0 heterocycles. The molecule has 13 heavy (non-hydrogen) atoms. The molecule has 1 heteroatoms. The van der Waals surface area contributed by atoms with Crippen molar-refractivity contribution in [3.8, 4) is 0 Å². The molecule has 0 aliphatic heterocycles. The van der Waals surface area contributed by atoms with E-state index < -0.39 is 0 Å². The molecule has 0 aliphatic carbocycles. The van der Waals surface area contributed by atoms with Crippen molar-refractivity contribution in [1.29, 1.82) is 0 Å². The summed E-state index contributed by atoms with van der Waals surface area (Å²) in [6.07, 6.45) is 0.651. The number of rotatable bonds is 3. The SMILES string of the molecule is C[C@H](O)C(C)(C)Cc1ccccc1. The molecule has 0 saturated heterocycles. The Morgan fingerprint density at radius 2 is 1.77 bits per heavy atom. The maximum absolute atomic E-state index is 9.54. The predicted molar refractivity (Wildman–Crippen MR) is 55.6 cm³/mol. The number of benzene rings is 1. The predicted octanol–water partition coefficient (Wildman–Crippen LogP) is 2.64. The van der Waals surface area contributed by atoms with Gasteiger partial charge in [-0.05, 0) is 24.3 Å². The molecule has 0 aliphatic rings. The normalized spacial score (nSPS) is 14.2. The van der Waals surface area contributed by atoms with Gasteiger partial charge >= 0.3 is 0 Å². The highest BCUT2D eigenvalue weighted by molar-refractivity contribution is 5.16. The third-order valence-electron chi connectivity index (χ3n) is 2.63. The monoisotopic (exact) mass is 178 g/mol. The second-order valence-corrected chi connectivity index (χ2v) is 4.33. The van der Waals surface area contributed by atoms with Gasteiger partial charge < -0.3 is 5.11 Å². The molecule has 0 amide bonds. The van der Waals surface area contributed by atoms with Crippen molar-refractivity contribution >= 4 is 0 Å². The maximum Gasteiger partial charge on any atom is 0.0566 e. The van der Waals surface area contributed by atoms with Crippen LogP contribution in [0.4, 0.5) is 0 Å². The van der Waals surface area contributed by atoms with E-state index in [2.05, 4.69) is 26.0 Å². The van der Waals surface area contributed by atoms with Crippen LogP contribution in [0.1, 0.15) is 26.3 Å². The smallest absolute Gasteiger partial charge is 0.0566 e. The van der Waals surface area contributed by atoms with Crippen molar-refractivity contribution in [3.63, 3.8) is 0 Å². The Balaban J connectivity index is 2.69. The lowest BCUT2D eigenvalue weighted by molar-refractivity contribution is 0.0665. The van der Waals surface area contributed by atoms with Gasteiger partial charge in [0.2, 0.25) is 0 Å². The second kappa shape index (κ2) is 3.93. The van der Waals surface area contributed by atoms with E-state index in [1.54, 1.807) is 0 Å². The average molecular weight is 178 g/mol. The summed E-state index contributed by atoms with van der Waals surface area (Å²) in [4.78, 5) is 0. The Hall–Kier alpha value is -0.820. The maximum atomic E-state index is 9.54. The van der Waals surface area contributed by atoms with E-state index in [0.717, 1.165) is 6.42 Å². The van der Waals surface area contributed by atoms with Gasteiger partial charge in [0.1, 0.15) is 0 Å². The zero-order chi connectivity index (χ0) is 9.90. The van der Waals surface area contributed by atoms with E-state index in [0.29, 0.717) is 0 Å². The topological polar surface area (TPSA) is 20.2 Å². The Morgan fingerprint density at radius 3 is 2.23 bits per heavy atom. The summed E-state index contributed by atoms with van der Waals surface area (Å²) in [6.45, 7) is 6.03. The van der Waals surface area contributed by atoms with Crippen LogP contribution in [0.25, 0.3) is 0 Å². The van der Waals surface area contributed by atoms with Crippen LogP contribution in [0.5, 0.6) is 0 Å². The second-order valence-electron chi connectivity index (χ2n) is 4.33. The fraction of sp³-hybridized carbons (Fsp3) is 0.500. The van der Waals surface area contributed by atoms with Gasteiger partial charge in [0.15, 0.2) is 0 Å². The van der Waals surface area contributed by atoms with Crippen molar-refractivity contribution in [2.75, 3.05) is 0 Å². The molecule has 0 radical (unpaired) electrons. The largest absolute Gasteiger partial charge is 0.393 e. The quantitative estimate of drug-likeness (QED) is 0.754. The highest BCUT2D eigenvalue weighted by atomic mass is 16.3. The molecule has 1 rings (SSSR count). The molecule has 0 bridgehead atoms. The highest BCUT2D eigenvalue weighted by Gasteiger charge is 2.23. The molecule has 0 spiro atoms. The van der Waals surface area contributed by atoms with Gasteiger partial charge in [0.05, 0.1) is 6.10 Å². The van der Waals surface area contributed by atoms with Crippen LogP contribution in [0.3, 0.4) is 0 Å². The molecule has 72 valence electrons. The fourth-order valence-electron chi connectivity index (χ4n) is 1.27. The number of aliphatic hydroxyl groups is 1. The molecular weight excluding hydrogens is 160 g/mol. The van der Waals surface area contributed by atoms with Crippen LogP contribution in [0.15, 0.2) is 30.3 Å². The zero-order valence-corrected chi connectivity index (χ0v) is 8.62. The van der Waals surface area contributed by atoms with Crippen LogP contribution in [0, 0.1) is 5.41 Å². The number of hydrogen-bond donors (Lipinski definition) is 1. The highest BCUT2D eigenvalue weighted by Crippen LogP contribution is 2.25. The molecule has 1 nitrogen and oxygen atoms in total. The van der Waals surface area contributed by atoms with Crippen LogP contribution in [0.2, 0.25) is 0 Å². The molecule has 1 aromatic rings. The Morgan fingerprint density at radius 1 is 1.23 bits per heavy atom. The van der Waals surface area contributed by atoms with Gasteiger partial charge in [-0.25, -0.2) is 0 Å². The van der Waals surface area contributed by atoms with Crippen molar-refractivity contribution in [3.05, 3.63) is 35.9 Å². The van der Waals surface area contributed by atoms with E-state index in [1.807, 2.05) is 25.1 Å². The van der Waals surface area contributed by atoms with E-state index in [9.17, 15) is 5.11 Å². The van der Waals surface area contributed by atoms with E-state index in [4.69, 9.17) is 0 Å². The minimum Gasteiger partial charge on any atom is -0.393 e. The summed E-state index contributed by atoms with van der Waals surface area (Å²) >= 11 is 0. The molecule has 0 saturated carbocycles. The molecule has 0 fully saturated rings. The zero-order valence-electron chi connectivity index (χ0n) is 8.62. The average Bonchev–Trinajstić information content (AvgIpc) is 2.05. The lowest BCUT2D eigenvalue weighted by Gasteiger charge is -2.27. The summed E-state index contributed by atoms with van der Waals surface area (Å²) in [5.41, 5.74) is 1.25. The first kappa shape index (κ1) is 10.3. The summed E-state index contributed by atoms with van der Waals surface area (Å²) in [5, 5.41) is 9.54. The summed E-state index contributed by atoms with van der Waals surface area (Å²) < 4.78 is 0. The Bertz CT molecular complexity index is 249. The van der Waals surface area contributed by atoms with Gasteiger partial charge in [-0.1, -0.05) is 44.2 Å². The first-order chi connectivity index (χ1) is 6.02. The molecule has 0 aromatic heterocycles. The number of aliphatic hydroxyl groups excluding tert-OH is 1. The summed E-state index contributed by atoms with van der Waals surface area (Å²) in [5.74, 6) is 0. The van der Waals surface area contributed by atoms with Gasteiger partial charge in [0.25, 0.3) is 0 Å². The first-order valence-electron chi connectivity index (χ1n) is 4.74. The molecule has 1 aromatic carbocycles. The minimum absolute atomic E-state index is 0.0403. The van der Waals surface area contributed by atoms with Crippen molar-refractivity contribution in [2.45, 2.75) is 33.3 Å². The Labute approximate surface area is 80.4 Å². The lowest BCUT2D eigenvalue weighted by Crippen LogP contribution is -2.28. The van der Waals surface area contributed by atoms with E-state index in [1.165, 1.54) is 5.56 Å². The molecule has 1 atom stereocenters. The summed E-state index contributed by atoms with van der Waals surface area (Å²) in [7, 11) is 0. The van der Waals surface area contributed by atoms with Gasteiger partial charge in [-0.15, -0.1) is 0 Å². The van der Waals surface area contributed by atoms with E-state index in [-0.39, 0.29) is 11.5 Å². The minimum atomic E-state index is -0.271. The standard InChI is InChI=1S/C12H18O/c1-10(13)12(2,3)9-11-7-5-4-6-8-11/h4-8,10,13H,9H2,1-3H3/t10-/m0/s1.